The van der Waals surface area contributed by atoms with Gasteiger partial charge in [0.15, 0.2) is 0 Å². The Bertz CT molecular complexity index is 1160. The third kappa shape index (κ3) is 4.00. The average molecular weight is 467 g/mol. The monoisotopic (exact) mass is 466 g/mol. The molecule has 2 amide bonds. The van der Waals surface area contributed by atoms with Crippen molar-refractivity contribution in [1.29, 1.82) is 0 Å². The van der Waals surface area contributed by atoms with E-state index in [1.165, 1.54) is 18.4 Å². The number of nitrogens with zero attached hydrogens (tertiary/aromatic N) is 2. The fourth-order valence-electron chi connectivity index (χ4n) is 4.26. The Labute approximate surface area is 194 Å². The van der Waals surface area contributed by atoms with Crippen LogP contribution in [0.2, 0.25) is 0 Å². The van der Waals surface area contributed by atoms with Gasteiger partial charge in [-0.3, -0.25) is 24.3 Å². The van der Waals surface area contributed by atoms with Crippen molar-refractivity contribution >= 4 is 40.8 Å². The molecule has 170 valence electrons. The maximum Gasteiger partial charge on any atom is 0.336 e. The van der Waals surface area contributed by atoms with Crippen molar-refractivity contribution in [3.05, 3.63) is 69.1 Å². The lowest BCUT2D eigenvalue weighted by molar-refractivity contribution is -0.144. The topological polar surface area (TPSA) is 102 Å². The molecule has 3 heterocycles. The first kappa shape index (κ1) is 22.6. The van der Waals surface area contributed by atoms with Crippen LogP contribution in [0, 0.1) is 5.92 Å². The van der Waals surface area contributed by atoms with E-state index in [9.17, 15) is 19.2 Å². The highest BCUT2D eigenvalue weighted by Crippen LogP contribution is 2.41. The molecule has 0 aliphatic carbocycles. The summed E-state index contributed by atoms with van der Waals surface area (Å²) >= 11 is 1.42. The summed E-state index contributed by atoms with van der Waals surface area (Å²) in [5.74, 6) is -3.31. The smallest absolute Gasteiger partial charge is 0.336 e. The van der Waals surface area contributed by atoms with Gasteiger partial charge in [0.2, 0.25) is 0 Å². The number of carbonyl (C=O) groups is 4. The number of esters is 2. The van der Waals surface area contributed by atoms with Crippen LogP contribution in [0.15, 0.2) is 58.0 Å². The van der Waals surface area contributed by atoms with Crippen molar-refractivity contribution in [3.63, 3.8) is 0 Å². The van der Waals surface area contributed by atoms with Crippen molar-refractivity contribution in [2.45, 2.75) is 19.8 Å². The summed E-state index contributed by atoms with van der Waals surface area (Å²) in [6.07, 6.45) is 0. The molecular formula is C24H22N2O6S. The number of hydrogen-bond donors (Lipinski definition) is 0. The lowest BCUT2D eigenvalue weighted by Crippen LogP contribution is -2.37. The molecule has 2 atom stereocenters. The van der Waals surface area contributed by atoms with Crippen LogP contribution in [0.3, 0.4) is 0 Å². The summed E-state index contributed by atoms with van der Waals surface area (Å²) in [6.45, 7) is 3.18. The Balaban J connectivity index is 1.53. The van der Waals surface area contributed by atoms with Crippen molar-refractivity contribution in [1.82, 2.24) is 4.90 Å². The van der Waals surface area contributed by atoms with Crippen LogP contribution in [0.1, 0.15) is 45.4 Å². The highest BCUT2D eigenvalue weighted by Gasteiger charge is 2.43. The van der Waals surface area contributed by atoms with E-state index in [0.717, 1.165) is 9.78 Å². The molecule has 2 aliphatic rings. The first-order valence-corrected chi connectivity index (χ1v) is 11.2. The second-order valence-corrected chi connectivity index (χ2v) is 8.67. The van der Waals surface area contributed by atoms with Crippen LogP contribution in [0.5, 0.6) is 0 Å². The minimum absolute atomic E-state index is 0.0726. The van der Waals surface area contributed by atoms with Crippen LogP contribution < -0.4 is 0 Å². The van der Waals surface area contributed by atoms with Crippen molar-refractivity contribution in [2.75, 3.05) is 20.3 Å². The second-order valence-electron chi connectivity index (χ2n) is 7.69. The minimum atomic E-state index is -0.754. The van der Waals surface area contributed by atoms with Gasteiger partial charge < -0.3 is 9.47 Å². The lowest BCUT2D eigenvalue weighted by atomic mass is 9.79. The molecule has 2 aromatic rings. The van der Waals surface area contributed by atoms with Gasteiger partial charge in [0.1, 0.15) is 12.5 Å². The van der Waals surface area contributed by atoms with Crippen LogP contribution in [0.25, 0.3) is 0 Å². The molecule has 0 saturated carbocycles. The zero-order valence-electron chi connectivity index (χ0n) is 18.4. The van der Waals surface area contributed by atoms with Gasteiger partial charge in [-0.25, -0.2) is 4.79 Å². The predicted molar refractivity (Wildman–Crippen MR) is 121 cm³/mol. The molecule has 4 rings (SSSR count). The third-order valence-electron chi connectivity index (χ3n) is 5.78. The Hall–Kier alpha value is -3.59. The van der Waals surface area contributed by atoms with E-state index in [1.807, 2.05) is 17.5 Å². The molecule has 1 aromatic heterocycles. The molecule has 8 nitrogen and oxygen atoms in total. The number of rotatable bonds is 6. The van der Waals surface area contributed by atoms with Crippen molar-refractivity contribution in [3.8, 4) is 0 Å². The average Bonchev–Trinajstić information content (AvgIpc) is 3.41. The highest BCUT2D eigenvalue weighted by atomic mass is 32.1. The highest BCUT2D eigenvalue weighted by molar-refractivity contribution is 7.10. The number of fused-ring (bicyclic) bond motifs is 1. The second kappa shape index (κ2) is 9.11. The summed E-state index contributed by atoms with van der Waals surface area (Å²) in [5, 5.41) is 1.87. The molecule has 2 unspecified atom stereocenters. The number of allylic oxidation sites excluding steroid dienone is 1. The number of thiophene rings is 1. The number of amides is 2. The lowest BCUT2D eigenvalue weighted by Gasteiger charge is -2.30. The van der Waals surface area contributed by atoms with Gasteiger partial charge in [-0.15, -0.1) is 11.3 Å². The van der Waals surface area contributed by atoms with Gasteiger partial charge in [-0.05, 0) is 37.4 Å². The fraction of sp³-hybridized carbons (Fsp3) is 0.292. The number of hydrogen-bond acceptors (Lipinski definition) is 8. The molecule has 0 radical (unpaired) electrons. The molecule has 0 spiro atoms. The molecule has 0 saturated heterocycles. The molecule has 33 heavy (non-hydrogen) atoms. The number of carbonyl (C=O) groups excluding carboxylic acids is 4. The van der Waals surface area contributed by atoms with Gasteiger partial charge in [-0.1, -0.05) is 18.2 Å². The van der Waals surface area contributed by atoms with Crippen LogP contribution in [-0.4, -0.2) is 54.6 Å². The van der Waals surface area contributed by atoms with E-state index >= 15 is 0 Å². The Morgan fingerprint density at radius 1 is 1.06 bits per heavy atom. The number of benzene rings is 1. The van der Waals surface area contributed by atoms with Crippen molar-refractivity contribution in [2.24, 2.45) is 10.9 Å². The molecule has 9 heteroatoms. The molecule has 0 fully saturated rings. The number of ether oxygens (including phenoxy) is 2. The molecule has 1 aromatic carbocycles. The third-order valence-corrected chi connectivity index (χ3v) is 6.73. The quantitative estimate of drug-likeness (QED) is 0.479. The van der Waals surface area contributed by atoms with E-state index < -0.39 is 35.6 Å². The fourth-order valence-corrected chi connectivity index (χ4v) is 5.13. The van der Waals surface area contributed by atoms with Gasteiger partial charge in [0.05, 0.1) is 30.4 Å². The summed E-state index contributed by atoms with van der Waals surface area (Å²) in [7, 11) is 1.30. The minimum Gasteiger partial charge on any atom is -0.468 e. The summed E-state index contributed by atoms with van der Waals surface area (Å²) < 4.78 is 10.5. The van der Waals surface area contributed by atoms with E-state index in [0.29, 0.717) is 22.5 Å². The Morgan fingerprint density at radius 2 is 1.73 bits per heavy atom. The summed E-state index contributed by atoms with van der Waals surface area (Å²) in [4.78, 5) is 57.0. The summed E-state index contributed by atoms with van der Waals surface area (Å²) in [5.41, 5.74) is 1.95. The van der Waals surface area contributed by atoms with Gasteiger partial charge >= 0.3 is 11.9 Å². The van der Waals surface area contributed by atoms with Gasteiger partial charge in [0, 0.05) is 22.2 Å². The molecule has 0 N–H and O–H groups in total. The van der Waals surface area contributed by atoms with Crippen LogP contribution in [0.4, 0.5) is 0 Å². The Kier molecular flexibility index (Phi) is 6.24. The largest absolute Gasteiger partial charge is 0.468 e. The van der Waals surface area contributed by atoms with Gasteiger partial charge in [-0.2, -0.15) is 0 Å². The van der Waals surface area contributed by atoms with E-state index in [4.69, 9.17) is 9.47 Å². The zero-order chi connectivity index (χ0) is 23.7. The molecule has 0 bridgehead atoms. The maximum atomic E-state index is 13.1. The summed E-state index contributed by atoms with van der Waals surface area (Å²) in [6, 6.07) is 10.3. The van der Waals surface area contributed by atoms with Crippen LogP contribution >= 0.6 is 11.3 Å². The van der Waals surface area contributed by atoms with Gasteiger partial charge in [0.25, 0.3) is 11.8 Å². The number of methoxy groups -OCH3 is 1. The Morgan fingerprint density at radius 3 is 2.30 bits per heavy atom. The standard InChI is InChI=1S/C24H22N2O6S/c1-13-18(23(29)31-3)20(17-9-6-12-33-17)19(14(2)25-13)24(30)32-11-10-26-21(27)15-7-4-5-8-16(15)22(26)28/h4-9,12,18,20H,10-11H2,1-3H3. The SMILES string of the molecule is COC(=O)C1C(C)=NC(C)=C(C(=O)OCCN2C(=O)c3ccccc3C2=O)C1c1cccs1. The van der Waals surface area contributed by atoms with Crippen molar-refractivity contribution < 1.29 is 28.7 Å². The first-order chi connectivity index (χ1) is 15.8. The van der Waals surface area contributed by atoms with E-state index in [-0.39, 0.29) is 18.7 Å². The van der Waals surface area contributed by atoms with E-state index in [1.54, 1.807) is 38.1 Å². The molecule has 2 aliphatic heterocycles. The number of aliphatic imine (C=N–C) groups is 1. The molecular weight excluding hydrogens is 444 g/mol. The maximum absolute atomic E-state index is 13.1. The van der Waals surface area contributed by atoms with E-state index in [2.05, 4.69) is 4.99 Å². The van der Waals surface area contributed by atoms with Crippen LogP contribution in [-0.2, 0) is 19.1 Å². The normalized spacial score (nSPS) is 20.0. The zero-order valence-corrected chi connectivity index (χ0v) is 19.2. The number of imide groups is 1. The first-order valence-electron chi connectivity index (χ1n) is 10.3. The predicted octanol–water partition coefficient (Wildman–Crippen LogP) is 3.21.